The lowest BCUT2D eigenvalue weighted by Crippen LogP contribution is -2.09. The molecule has 0 aliphatic heterocycles. The molecule has 0 nitrogen and oxygen atoms in total. The summed E-state index contributed by atoms with van der Waals surface area (Å²) < 4.78 is 0. The molecule has 6 rings (SSSR count). The van der Waals surface area contributed by atoms with E-state index in [1.165, 1.54) is 33.0 Å². The standard InChI is InChI=1S/C46H40/c1-32-19-29-43-44(30-20-32)46(40-26-23-39(24-27-40)37-15-7-6-8-16-37)35(4)14-10-9-13-34(3)45(43)36(5)22-21-33(2)41-28-25-38-17-11-12-18-42(38)31-41/h6-32H,3-4H2,1-2,5H3/b13-9?,14-10?,33-21+,36-22+,45-43?,46-44?. The van der Waals surface area contributed by atoms with E-state index in [2.05, 4.69) is 192 Å². The number of fused-ring (bicyclic) bond motifs is 2. The van der Waals surface area contributed by atoms with Crippen LogP contribution in [0.25, 0.3) is 69.5 Å². The van der Waals surface area contributed by atoms with Gasteiger partial charge >= 0.3 is 0 Å². The van der Waals surface area contributed by atoms with E-state index in [4.69, 9.17) is 0 Å². The lowest BCUT2D eigenvalue weighted by Gasteiger charge is -2.14. The summed E-state index contributed by atoms with van der Waals surface area (Å²) in [5.41, 5.74) is 11.7. The van der Waals surface area contributed by atoms with Crippen LogP contribution in [0, 0.1) is 5.92 Å². The summed E-state index contributed by atoms with van der Waals surface area (Å²) in [6, 6.07) is 42.9. The first-order valence-corrected chi connectivity index (χ1v) is 16.0. The topological polar surface area (TPSA) is 0 Å². The molecule has 5 aromatic rings. The summed E-state index contributed by atoms with van der Waals surface area (Å²) in [5.74, 6) is 0.299. The molecule has 0 saturated carbocycles. The van der Waals surface area contributed by atoms with Gasteiger partial charge in [0.15, 0.2) is 0 Å². The van der Waals surface area contributed by atoms with Gasteiger partial charge in [0.2, 0.25) is 0 Å². The molecule has 0 aromatic heterocycles. The molecule has 0 radical (unpaired) electrons. The fourth-order valence-corrected chi connectivity index (χ4v) is 6.16. The van der Waals surface area contributed by atoms with Crippen molar-refractivity contribution in [1.82, 2.24) is 0 Å². The normalized spacial score (nSPS) is 14.5. The predicted octanol–water partition coefficient (Wildman–Crippen LogP) is 11.3. The van der Waals surface area contributed by atoms with Gasteiger partial charge in [-0.15, -0.1) is 0 Å². The molecular weight excluding hydrogens is 553 g/mol. The lowest BCUT2D eigenvalue weighted by atomic mass is 9.90. The van der Waals surface area contributed by atoms with Crippen LogP contribution in [0.3, 0.4) is 0 Å². The third-order valence-electron chi connectivity index (χ3n) is 8.77. The molecule has 0 amide bonds. The van der Waals surface area contributed by atoms with E-state index in [1.54, 1.807) is 0 Å². The third kappa shape index (κ3) is 6.63. The highest BCUT2D eigenvalue weighted by Gasteiger charge is 2.14. The van der Waals surface area contributed by atoms with Gasteiger partial charge in [0.1, 0.15) is 0 Å². The molecule has 1 aliphatic carbocycles. The average Bonchev–Trinajstić information content (AvgIpc) is 3.27. The van der Waals surface area contributed by atoms with Crippen LogP contribution in [0.5, 0.6) is 0 Å². The molecule has 46 heavy (non-hydrogen) atoms. The first-order chi connectivity index (χ1) is 22.4. The maximum Gasteiger partial charge on any atom is -0.00387 e. The summed E-state index contributed by atoms with van der Waals surface area (Å²) in [5, 5.41) is 4.45. The van der Waals surface area contributed by atoms with Crippen LogP contribution in [-0.2, 0) is 0 Å². The highest BCUT2D eigenvalue weighted by molar-refractivity contribution is 5.89. The van der Waals surface area contributed by atoms with Crippen molar-refractivity contribution in [2.45, 2.75) is 20.8 Å². The van der Waals surface area contributed by atoms with Crippen LogP contribution in [0.4, 0.5) is 0 Å². The van der Waals surface area contributed by atoms with Crippen molar-refractivity contribution in [3.63, 3.8) is 0 Å². The molecule has 0 heteroatoms. The Bertz CT molecular complexity index is 2190. The van der Waals surface area contributed by atoms with E-state index >= 15 is 0 Å². The molecule has 0 N–H and O–H groups in total. The largest absolute Gasteiger partial charge is 0.0911 e. The van der Waals surface area contributed by atoms with Crippen LogP contribution in [-0.4, -0.2) is 0 Å². The van der Waals surface area contributed by atoms with Crippen molar-refractivity contribution < 1.29 is 0 Å². The van der Waals surface area contributed by atoms with E-state index in [-0.39, 0.29) is 0 Å². The van der Waals surface area contributed by atoms with Crippen LogP contribution in [0.15, 0.2) is 146 Å². The maximum atomic E-state index is 4.57. The Morgan fingerprint density at radius 2 is 1.11 bits per heavy atom. The Kier molecular flexibility index (Phi) is 9.08. The zero-order valence-corrected chi connectivity index (χ0v) is 27.0. The molecule has 1 aliphatic rings. The monoisotopic (exact) mass is 592 g/mol. The van der Waals surface area contributed by atoms with E-state index in [9.17, 15) is 0 Å². The summed E-state index contributed by atoms with van der Waals surface area (Å²) >= 11 is 0. The molecular formula is C46H40. The predicted molar refractivity (Wildman–Crippen MR) is 204 cm³/mol. The van der Waals surface area contributed by atoms with Crippen molar-refractivity contribution in [3.05, 3.63) is 178 Å². The second kappa shape index (κ2) is 13.7. The second-order valence-electron chi connectivity index (χ2n) is 12.1. The van der Waals surface area contributed by atoms with Gasteiger partial charge in [0.05, 0.1) is 0 Å². The Balaban J connectivity index is 1.55. The smallest absolute Gasteiger partial charge is 0.00387 e. The third-order valence-corrected chi connectivity index (χ3v) is 8.77. The molecule has 0 fully saturated rings. The van der Waals surface area contributed by atoms with Gasteiger partial charge < -0.3 is 0 Å². The van der Waals surface area contributed by atoms with Gasteiger partial charge in [-0.1, -0.05) is 172 Å². The fourth-order valence-electron chi connectivity index (χ4n) is 6.16. The summed E-state index contributed by atoms with van der Waals surface area (Å²) in [6.45, 7) is 15.7. The van der Waals surface area contributed by atoms with Crippen LogP contribution in [0.2, 0.25) is 0 Å². The van der Waals surface area contributed by atoms with Gasteiger partial charge in [0, 0.05) is 0 Å². The second-order valence-corrected chi connectivity index (χ2v) is 12.1. The molecule has 0 heterocycles. The number of hydrogen-bond acceptors (Lipinski definition) is 0. The van der Waals surface area contributed by atoms with Crippen molar-refractivity contribution in [1.29, 1.82) is 0 Å². The van der Waals surface area contributed by atoms with Crippen molar-refractivity contribution in [2.24, 2.45) is 5.92 Å². The molecule has 224 valence electrons. The van der Waals surface area contributed by atoms with Crippen LogP contribution >= 0.6 is 0 Å². The Hall–Kier alpha value is -5.46. The number of benzene rings is 4. The van der Waals surface area contributed by atoms with E-state index in [1.807, 2.05) is 0 Å². The minimum Gasteiger partial charge on any atom is -0.0911 e. The van der Waals surface area contributed by atoms with Crippen molar-refractivity contribution >= 4 is 47.2 Å². The highest BCUT2D eigenvalue weighted by atomic mass is 14.2. The van der Waals surface area contributed by atoms with E-state index < -0.39 is 0 Å². The molecule has 0 bridgehead atoms. The first kappa shape index (κ1) is 30.6. The quantitative estimate of drug-likeness (QED) is 0.178. The fraction of sp³-hybridized carbons (Fsp3) is 0.0870. The SMILES string of the molecule is C=c1ccccc(=C)c(-c2ccc(-c3ccccc3)cc2)c2c(c1/C(C)=C/C=C(\C)c1ccc3ccccc3c1)C=CC(C)C=C2. The van der Waals surface area contributed by atoms with Gasteiger partial charge in [-0.2, -0.15) is 0 Å². The van der Waals surface area contributed by atoms with Crippen molar-refractivity contribution in [2.75, 3.05) is 0 Å². The van der Waals surface area contributed by atoms with Crippen LogP contribution in [0.1, 0.15) is 43.0 Å². The summed E-state index contributed by atoms with van der Waals surface area (Å²) in [6.07, 6.45) is 13.6. The van der Waals surface area contributed by atoms with Crippen LogP contribution < -0.4 is 10.4 Å². The zero-order valence-electron chi connectivity index (χ0n) is 27.0. The Morgan fingerprint density at radius 1 is 0.543 bits per heavy atom. The van der Waals surface area contributed by atoms with Gasteiger partial charge in [0.25, 0.3) is 0 Å². The molecule has 1 atom stereocenters. The lowest BCUT2D eigenvalue weighted by molar-refractivity contribution is 0.954. The molecule has 5 aromatic carbocycles. The summed E-state index contributed by atoms with van der Waals surface area (Å²) in [4.78, 5) is 0. The minimum absolute atomic E-state index is 0.299. The highest BCUT2D eigenvalue weighted by Crippen LogP contribution is 2.32. The van der Waals surface area contributed by atoms with E-state index in [0.29, 0.717) is 5.92 Å². The Labute approximate surface area is 273 Å². The van der Waals surface area contributed by atoms with Crippen molar-refractivity contribution in [3.8, 4) is 22.3 Å². The number of hydrogen-bond donors (Lipinski definition) is 0. The first-order valence-electron chi connectivity index (χ1n) is 16.0. The van der Waals surface area contributed by atoms with E-state index in [0.717, 1.165) is 43.8 Å². The molecule has 0 spiro atoms. The number of allylic oxidation sites excluding steroid dienone is 6. The zero-order chi connectivity index (χ0) is 32.0. The van der Waals surface area contributed by atoms with Gasteiger partial charge in [-0.05, 0) is 103 Å². The minimum atomic E-state index is 0.299. The number of rotatable bonds is 5. The molecule has 0 saturated heterocycles. The van der Waals surface area contributed by atoms with Gasteiger partial charge in [-0.3, -0.25) is 0 Å². The molecule has 1 unspecified atom stereocenters. The maximum absolute atomic E-state index is 4.57. The van der Waals surface area contributed by atoms with Gasteiger partial charge in [-0.25, -0.2) is 0 Å². The summed E-state index contributed by atoms with van der Waals surface area (Å²) in [7, 11) is 0. The average molecular weight is 593 g/mol. The Morgan fingerprint density at radius 3 is 1.85 bits per heavy atom.